The van der Waals surface area contributed by atoms with Gasteiger partial charge < -0.3 is 0 Å². The molecule has 2 aliphatic carbocycles. The first kappa shape index (κ1) is 12.1. The summed E-state index contributed by atoms with van der Waals surface area (Å²) in [4.78, 5) is 11.7. The molecule has 1 N–H and O–H groups in total. The Balaban J connectivity index is 1.80. The lowest BCUT2D eigenvalue weighted by molar-refractivity contribution is -0.124. The topological polar surface area (TPSA) is 32.3 Å². The first-order valence-electron chi connectivity index (χ1n) is 6.79. The number of carbonyl (C=O) groups is 1. The molecule has 2 fully saturated rings. The van der Waals surface area contributed by atoms with Crippen LogP contribution in [-0.2, 0) is 4.79 Å². The van der Waals surface area contributed by atoms with Crippen LogP contribution in [0.4, 0.5) is 0 Å². The van der Waals surface area contributed by atoms with Gasteiger partial charge in [-0.25, -0.2) is 10.4 Å². The predicted octanol–water partition coefficient (Wildman–Crippen LogP) is 2.27. The van der Waals surface area contributed by atoms with E-state index in [2.05, 4.69) is 17.5 Å². The second kappa shape index (κ2) is 5.78. The standard InChI is InChI=1S/C13H24N2O/c1-15(11-7-3-2-4-8-11)14-12-9-5-6-10-13(12)16/h11-12,14H,2-10H2,1H3. The highest BCUT2D eigenvalue weighted by Crippen LogP contribution is 2.22. The maximum Gasteiger partial charge on any atom is 0.151 e. The molecule has 0 aromatic rings. The third-order valence-electron chi connectivity index (χ3n) is 4.04. The van der Waals surface area contributed by atoms with Crippen LogP contribution in [0.1, 0.15) is 57.8 Å². The van der Waals surface area contributed by atoms with Gasteiger partial charge >= 0.3 is 0 Å². The summed E-state index contributed by atoms with van der Waals surface area (Å²) >= 11 is 0. The zero-order valence-corrected chi connectivity index (χ0v) is 10.4. The van der Waals surface area contributed by atoms with E-state index in [0.717, 1.165) is 19.3 Å². The van der Waals surface area contributed by atoms with Crippen molar-refractivity contribution < 1.29 is 4.79 Å². The minimum atomic E-state index is 0.0978. The van der Waals surface area contributed by atoms with Gasteiger partial charge in [-0.1, -0.05) is 25.7 Å². The summed E-state index contributed by atoms with van der Waals surface area (Å²) in [6.45, 7) is 0. The highest BCUT2D eigenvalue weighted by molar-refractivity contribution is 5.84. The average molecular weight is 224 g/mol. The van der Waals surface area contributed by atoms with E-state index in [4.69, 9.17) is 0 Å². The highest BCUT2D eigenvalue weighted by atomic mass is 16.1. The van der Waals surface area contributed by atoms with Gasteiger partial charge in [-0.3, -0.25) is 4.79 Å². The van der Waals surface area contributed by atoms with Crippen molar-refractivity contribution in [2.24, 2.45) is 0 Å². The molecular weight excluding hydrogens is 200 g/mol. The van der Waals surface area contributed by atoms with Gasteiger partial charge in [0, 0.05) is 19.5 Å². The fourth-order valence-electron chi connectivity index (χ4n) is 2.94. The molecule has 92 valence electrons. The summed E-state index contributed by atoms with van der Waals surface area (Å²) in [6, 6.07) is 0.740. The van der Waals surface area contributed by atoms with Crippen LogP contribution in [0.25, 0.3) is 0 Å². The van der Waals surface area contributed by atoms with E-state index in [0.29, 0.717) is 11.8 Å². The minimum absolute atomic E-state index is 0.0978. The van der Waals surface area contributed by atoms with Crippen LogP contribution in [0.2, 0.25) is 0 Å². The van der Waals surface area contributed by atoms with Gasteiger partial charge in [-0.15, -0.1) is 0 Å². The van der Waals surface area contributed by atoms with Crippen LogP contribution in [-0.4, -0.2) is 29.9 Å². The van der Waals surface area contributed by atoms with Gasteiger partial charge in [-0.2, -0.15) is 0 Å². The maximum absolute atomic E-state index is 11.7. The molecule has 0 radical (unpaired) electrons. The second-order valence-electron chi connectivity index (χ2n) is 5.30. The first-order valence-corrected chi connectivity index (χ1v) is 6.79. The van der Waals surface area contributed by atoms with Crippen molar-refractivity contribution in [1.82, 2.24) is 10.4 Å². The van der Waals surface area contributed by atoms with Crippen molar-refractivity contribution in [3.63, 3.8) is 0 Å². The predicted molar refractivity (Wildman–Crippen MR) is 65.0 cm³/mol. The molecule has 2 aliphatic rings. The third kappa shape index (κ3) is 3.05. The highest BCUT2D eigenvalue weighted by Gasteiger charge is 2.25. The fourth-order valence-corrected chi connectivity index (χ4v) is 2.94. The van der Waals surface area contributed by atoms with Crippen molar-refractivity contribution in [3.8, 4) is 0 Å². The molecule has 2 saturated carbocycles. The molecule has 0 aromatic carbocycles. The van der Waals surface area contributed by atoms with Gasteiger partial charge in [-0.05, 0) is 25.7 Å². The molecule has 0 spiro atoms. The summed E-state index contributed by atoms with van der Waals surface area (Å²) in [6.07, 6.45) is 10.7. The number of hydrazine groups is 1. The lowest BCUT2D eigenvalue weighted by atomic mass is 9.93. The number of rotatable bonds is 3. The molecule has 3 nitrogen and oxygen atoms in total. The Hall–Kier alpha value is -0.410. The Morgan fingerprint density at radius 2 is 1.75 bits per heavy atom. The quantitative estimate of drug-likeness (QED) is 0.746. The first-order chi connectivity index (χ1) is 7.77. The largest absolute Gasteiger partial charge is 0.298 e. The van der Waals surface area contributed by atoms with Crippen LogP contribution < -0.4 is 5.43 Å². The van der Waals surface area contributed by atoms with Crippen LogP contribution in [0.15, 0.2) is 0 Å². The van der Waals surface area contributed by atoms with E-state index < -0.39 is 0 Å². The molecule has 16 heavy (non-hydrogen) atoms. The molecule has 1 atom stereocenters. The van der Waals surface area contributed by atoms with Crippen molar-refractivity contribution in [2.75, 3.05) is 7.05 Å². The van der Waals surface area contributed by atoms with Crippen molar-refractivity contribution in [2.45, 2.75) is 69.9 Å². The Labute approximate surface area is 98.5 Å². The van der Waals surface area contributed by atoms with E-state index in [1.807, 2.05) is 0 Å². The van der Waals surface area contributed by atoms with Crippen LogP contribution in [0.5, 0.6) is 0 Å². The van der Waals surface area contributed by atoms with Gasteiger partial charge in [0.25, 0.3) is 0 Å². The van der Waals surface area contributed by atoms with Crippen LogP contribution in [0, 0.1) is 0 Å². The third-order valence-corrected chi connectivity index (χ3v) is 4.04. The van der Waals surface area contributed by atoms with Gasteiger partial charge in [0.2, 0.25) is 0 Å². The second-order valence-corrected chi connectivity index (χ2v) is 5.30. The smallest absolute Gasteiger partial charge is 0.151 e. The Morgan fingerprint density at radius 1 is 1.06 bits per heavy atom. The zero-order valence-electron chi connectivity index (χ0n) is 10.4. The number of nitrogens with zero attached hydrogens (tertiary/aromatic N) is 1. The van der Waals surface area contributed by atoms with Gasteiger partial charge in [0.15, 0.2) is 5.78 Å². The molecule has 0 bridgehead atoms. The van der Waals surface area contributed by atoms with E-state index in [9.17, 15) is 4.79 Å². The van der Waals surface area contributed by atoms with E-state index in [-0.39, 0.29) is 6.04 Å². The van der Waals surface area contributed by atoms with Crippen molar-refractivity contribution in [3.05, 3.63) is 0 Å². The van der Waals surface area contributed by atoms with Crippen LogP contribution >= 0.6 is 0 Å². The Morgan fingerprint density at radius 3 is 2.44 bits per heavy atom. The fraction of sp³-hybridized carbons (Fsp3) is 0.923. The maximum atomic E-state index is 11.7. The number of hydrogen-bond acceptors (Lipinski definition) is 3. The summed E-state index contributed by atoms with van der Waals surface area (Å²) in [5, 5.41) is 2.22. The molecule has 0 aromatic heterocycles. The molecule has 0 saturated heterocycles. The number of Topliss-reactive ketones (excluding diaryl/α,β-unsaturated/α-hetero) is 1. The minimum Gasteiger partial charge on any atom is -0.298 e. The summed E-state index contributed by atoms with van der Waals surface area (Å²) in [7, 11) is 2.11. The molecule has 0 amide bonds. The number of carbonyl (C=O) groups excluding carboxylic acids is 1. The van der Waals surface area contributed by atoms with E-state index in [1.165, 1.54) is 38.5 Å². The molecule has 0 heterocycles. The normalized spacial score (nSPS) is 28.6. The molecule has 0 aliphatic heterocycles. The number of hydrogen-bond donors (Lipinski definition) is 1. The van der Waals surface area contributed by atoms with Gasteiger partial charge in [0.1, 0.15) is 0 Å². The lowest BCUT2D eigenvalue weighted by Crippen LogP contribution is -2.52. The zero-order chi connectivity index (χ0) is 11.4. The molecule has 1 unspecified atom stereocenters. The molecular formula is C13H24N2O. The Bertz CT molecular complexity index is 236. The monoisotopic (exact) mass is 224 g/mol. The Kier molecular flexibility index (Phi) is 4.36. The number of nitrogens with one attached hydrogen (secondary N) is 1. The van der Waals surface area contributed by atoms with Crippen LogP contribution in [0.3, 0.4) is 0 Å². The van der Waals surface area contributed by atoms with Crippen molar-refractivity contribution in [1.29, 1.82) is 0 Å². The van der Waals surface area contributed by atoms with E-state index in [1.54, 1.807) is 0 Å². The summed E-state index contributed by atoms with van der Waals surface area (Å²) in [5.41, 5.74) is 3.42. The number of ketones is 1. The van der Waals surface area contributed by atoms with E-state index >= 15 is 0 Å². The summed E-state index contributed by atoms with van der Waals surface area (Å²) < 4.78 is 0. The molecule has 3 heteroatoms. The average Bonchev–Trinajstić information content (AvgIpc) is 2.33. The molecule has 2 rings (SSSR count). The summed E-state index contributed by atoms with van der Waals surface area (Å²) in [5.74, 6) is 0.411. The lowest BCUT2D eigenvalue weighted by Gasteiger charge is -2.35. The van der Waals surface area contributed by atoms with Gasteiger partial charge in [0.05, 0.1) is 6.04 Å². The van der Waals surface area contributed by atoms with Crippen molar-refractivity contribution >= 4 is 5.78 Å². The SMILES string of the molecule is CN(NC1CCCCC1=O)C1CCCCC1.